The average molecular weight is 277 g/mol. The van der Waals surface area contributed by atoms with E-state index in [4.69, 9.17) is 5.73 Å². The van der Waals surface area contributed by atoms with Gasteiger partial charge >= 0.3 is 0 Å². The van der Waals surface area contributed by atoms with Crippen LogP contribution < -0.4 is 5.73 Å². The van der Waals surface area contributed by atoms with Gasteiger partial charge in [0.15, 0.2) is 0 Å². The third-order valence-corrected chi connectivity index (χ3v) is 7.29. The van der Waals surface area contributed by atoms with Gasteiger partial charge in [-0.2, -0.15) is 0 Å². The van der Waals surface area contributed by atoms with Crippen molar-refractivity contribution in [1.29, 1.82) is 0 Å². The first-order valence-electron chi connectivity index (χ1n) is 8.93. The Morgan fingerprint density at radius 2 is 1.45 bits per heavy atom. The highest BCUT2D eigenvalue weighted by molar-refractivity contribution is 5.13. The van der Waals surface area contributed by atoms with E-state index in [1.807, 2.05) is 0 Å². The molecule has 5 aliphatic rings. The number of piperazine rings is 1. The zero-order valence-corrected chi connectivity index (χ0v) is 13.1. The molecule has 5 rings (SSSR count). The second-order valence-electron chi connectivity index (χ2n) is 7.92. The van der Waals surface area contributed by atoms with Crippen molar-refractivity contribution < 1.29 is 0 Å². The summed E-state index contributed by atoms with van der Waals surface area (Å²) < 4.78 is 0. The fraction of sp³-hybridized carbons (Fsp3) is 1.00. The van der Waals surface area contributed by atoms with E-state index in [9.17, 15) is 0 Å². The van der Waals surface area contributed by atoms with Crippen molar-refractivity contribution in [2.45, 2.75) is 44.6 Å². The summed E-state index contributed by atoms with van der Waals surface area (Å²) in [6.45, 7) is 9.43. The predicted molar refractivity (Wildman–Crippen MR) is 82.5 cm³/mol. The van der Waals surface area contributed by atoms with Gasteiger partial charge in [-0.25, -0.2) is 0 Å². The monoisotopic (exact) mass is 277 g/mol. The Kier molecular flexibility index (Phi) is 3.36. The van der Waals surface area contributed by atoms with Crippen LogP contribution in [0.25, 0.3) is 0 Å². The van der Waals surface area contributed by atoms with Crippen molar-refractivity contribution in [2.75, 3.05) is 39.3 Å². The van der Waals surface area contributed by atoms with Crippen LogP contribution in [0.4, 0.5) is 0 Å². The van der Waals surface area contributed by atoms with E-state index in [0.29, 0.717) is 5.54 Å². The molecule has 0 radical (unpaired) electrons. The number of nitrogens with zero attached hydrogens (tertiary/aromatic N) is 2. The number of nitrogens with two attached hydrogens (primary N) is 1. The average Bonchev–Trinajstić information content (AvgIpc) is 2.48. The minimum Gasteiger partial charge on any atom is -0.329 e. The molecule has 3 nitrogen and oxygen atoms in total. The van der Waals surface area contributed by atoms with E-state index in [0.717, 1.165) is 30.2 Å². The molecule has 2 N–H and O–H groups in total. The molecule has 4 saturated carbocycles. The first kappa shape index (κ1) is 13.5. The van der Waals surface area contributed by atoms with Crippen LogP contribution in [0.15, 0.2) is 0 Å². The van der Waals surface area contributed by atoms with Crippen LogP contribution in [0.1, 0.15) is 39.0 Å². The normalized spacial score (nSPS) is 48.9. The van der Waals surface area contributed by atoms with E-state index < -0.39 is 0 Å². The lowest BCUT2D eigenvalue weighted by Gasteiger charge is -2.65. The Balaban J connectivity index is 1.57. The Morgan fingerprint density at radius 1 is 0.900 bits per heavy atom. The molecule has 1 aliphatic heterocycles. The maximum atomic E-state index is 6.43. The summed E-state index contributed by atoms with van der Waals surface area (Å²) in [6, 6.07) is 0. The van der Waals surface area contributed by atoms with E-state index in [1.165, 1.54) is 64.8 Å². The van der Waals surface area contributed by atoms with Crippen molar-refractivity contribution in [1.82, 2.24) is 9.80 Å². The number of likely N-dealkylation sites (N-methyl/N-ethyl adjacent to an activating group) is 1. The van der Waals surface area contributed by atoms with Gasteiger partial charge in [0.05, 0.1) is 0 Å². The van der Waals surface area contributed by atoms with Gasteiger partial charge in [-0.1, -0.05) is 6.92 Å². The molecule has 0 aromatic rings. The van der Waals surface area contributed by atoms with Crippen molar-refractivity contribution in [3.8, 4) is 0 Å². The molecule has 114 valence electrons. The lowest BCUT2D eigenvalue weighted by molar-refractivity contribution is -0.140. The van der Waals surface area contributed by atoms with Gasteiger partial charge in [-0.15, -0.1) is 0 Å². The van der Waals surface area contributed by atoms with Crippen molar-refractivity contribution in [3.05, 3.63) is 0 Å². The molecule has 5 fully saturated rings. The van der Waals surface area contributed by atoms with Gasteiger partial charge < -0.3 is 10.6 Å². The number of hydrogen-bond donors (Lipinski definition) is 1. The molecule has 20 heavy (non-hydrogen) atoms. The lowest BCUT2D eigenvalue weighted by Crippen LogP contribution is -2.71. The molecule has 0 aromatic heterocycles. The summed E-state index contributed by atoms with van der Waals surface area (Å²) in [5.74, 6) is 3.93. The molecular formula is C17H31N3. The van der Waals surface area contributed by atoms with Crippen LogP contribution in [0.3, 0.4) is 0 Å². The van der Waals surface area contributed by atoms with Gasteiger partial charge in [-0.05, 0) is 62.3 Å². The Labute approximate surface area is 123 Å². The van der Waals surface area contributed by atoms with Gasteiger partial charge in [0, 0.05) is 38.3 Å². The SMILES string of the molecule is CCN1CCN(C2(CN)C3CC4CC(C3)CC2C4)CC1. The van der Waals surface area contributed by atoms with Gasteiger partial charge in [0.1, 0.15) is 0 Å². The summed E-state index contributed by atoms with van der Waals surface area (Å²) >= 11 is 0. The smallest absolute Gasteiger partial charge is 0.0389 e. The molecule has 4 aliphatic carbocycles. The topological polar surface area (TPSA) is 32.5 Å². The maximum absolute atomic E-state index is 6.43. The number of rotatable bonds is 3. The van der Waals surface area contributed by atoms with E-state index >= 15 is 0 Å². The zero-order chi connectivity index (χ0) is 13.7. The van der Waals surface area contributed by atoms with Crippen LogP contribution in [0, 0.1) is 23.7 Å². The van der Waals surface area contributed by atoms with Gasteiger partial charge in [0.2, 0.25) is 0 Å². The number of hydrogen-bond acceptors (Lipinski definition) is 3. The largest absolute Gasteiger partial charge is 0.329 e. The first-order valence-corrected chi connectivity index (χ1v) is 8.93. The first-order chi connectivity index (χ1) is 9.76. The fourth-order valence-corrected chi connectivity index (χ4v) is 6.46. The molecule has 0 aromatic carbocycles. The molecular weight excluding hydrogens is 246 g/mol. The second-order valence-corrected chi connectivity index (χ2v) is 7.92. The molecule has 1 heterocycles. The van der Waals surface area contributed by atoms with Crippen molar-refractivity contribution in [3.63, 3.8) is 0 Å². The summed E-state index contributed by atoms with van der Waals surface area (Å²) in [4.78, 5) is 5.43. The van der Waals surface area contributed by atoms with Crippen LogP contribution in [-0.4, -0.2) is 54.6 Å². The zero-order valence-electron chi connectivity index (χ0n) is 13.1. The van der Waals surface area contributed by atoms with E-state index in [1.54, 1.807) is 0 Å². The molecule has 0 amide bonds. The molecule has 0 unspecified atom stereocenters. The lowest BCUT2D eigenvalue weighted by atomic mass is 9.48. The van der Waals surface area contributed by atoms with Crippen molar-refractivity contribution >= 4 is 0 Å². The van der Waals surface area contributed by atoms with E-state index in [2.05, 4.69) is 16.7 Å². The second kappa shape index (κ2) is 4.96. The van der Waals surface area contributed by atoms with Crippen molar-refractivity contribution in [2.24, 2.45) is 29.4 Å². The van der Waals surface area contributed by atoms with Crippen LogP contribution in [0.2, 0.25) is 0 Å². The molecule has 0 atom stereocenters. The third kappa shape index (κ3) is 1.82. The van der Waals surface area contributed by atoms with Crippen LogP contribution in [-0.2, 0) is 0 Å². The summed E-state index contributed by atoms with van der Waals surface area (Å²) in [7, 11) is 0. The Bertz CT molecular complexity index is 331. The highest BCUT2D eigenvalue weighted by atomic mass is 15.3. The summed E-state index contributed by atoms with van der Waals surface area (Å²) in [5.41, 5.74) is 6.81. The Morgan fingerprint density at radius 3 is 1.90 bits per heavy atom. The molecule has 0 spiro atoms. The molecule has 3 heteroatoms. The standard InChI is InChI=1S/C17H31N3/c1-2-19-3-5-20(6-4-19)17(12-18)15-8-13-7-14(10-15)11-16(17)9-13/h13-16H,2-12,18H2,1H3. The Hall–Kier alpha value is -0.120. The highest BCUT2D eigenvalue weighted by Crippen LogP contribution is 2.59. The maximum Gasteiger partial charge on any atom is 0.0389 e. The third-order valence-electron chi connectivity index (χ3n) is 7.29. The fourth-order valence-electron chi connectivity index (χ4n) is 6.46. The summed E-state index contributed by atoms with van der Waals surface area (Å²) in [6.07, 6.45) is 7.48. The summed E-state index contributed by atoms with van der Waals surface area (Å²) in [5, 5.41) is 0. The molecule has 1 saturated heterocycles. The predicted octanol–water partition coefficient (Wildman–Crippen LogP) is 1.78. The van der Waals surface area contributed by atoms with Crippen LogP contribution in [0.5, 0.6) is 0 Å². The highest BCUT2D eigenvalue weighted by Gasteiger charge is 2.58. The quantitative estimate of drug-likeness (QED) is 0.853. The van der Waals surface area contributed by atoms with E-state index in [-0.39, 0.29) is 0 Å². The minimum absolute atomic E-state index is 0.382. The van der Waals surface area contributed by atoms with Gasteiger partial charge in [-0.3, -0.25) is 4.90 Å². The van der Waals surface area contributed by atoms with Gasteiger partial charge in [0.25, 0.3) is 0 Å². The minimum atomic E-state index is 0.382. The molecule has 4 bridgehead atoms. The van der Waals surface area contributed by atoms with Crippen LogP contribution >= 0.6 is 0 Å².